The molecule has 0 radical (unpaired) electrons. The van der Waals surface area contributed by atoms with Crippen LogP contribution in [0, 0.1) is 11.8 Å². The number of nitrogens with two attached hydrogens (primary N) is 1. The highest BCUT2D eigenvalue weighted by atomic mass is 16.5. The van der Waals surface area contributed by atoms with Gasteiger partial charge in [0.15, 0.2) is 0 Å². The smallest absolute Gasteiger partial charge is 0.245 e. The second kappa shape index (κ2) is 3.70. The average molecular weight is 224 g/mol. The van der Waals surface area contributed by atoms with Crippen molar-refractivity contribution >= 4 is 5.91 Å². The maximum Gasteiger partial charge on any atom is 0.245 e. The van der Waals surface area contributed by atoms with Gasteiger partial charge < -0.3 is 15.4 Å². The molecule has 2 saturated heterocycles. The van der Waals surface area contributed by atoms with E-state index in [0.717, 1.165) is 24.9 Å². The summed E-state index contributed by atoms with van der Waals surface area (Å²) in [7, 11) is 0. The molecule has 0 aromatic heterocycles. The minimum Gasteiger partial charge on any atom is -0.379 e. The van der Waals surface area contributed by atoms with Crippen LogP contribution < -0.4 is 5.73 Å². The first kappa shape index (κ1) is 10.5. The number of rotatable bonds is 1. The van der Waals surface area contributed by atoms with Crippen LogP contribution in [0.4, 0.5) is 0 Å². The van der Waals surface area contributed by atoms with Gasteiger partial charge >= 0.3 is 0 Å². The maximum atomic E-state index is 12.3. The lowest BCUT2D eigenvalue weighted by atomic mass is 9.98. The van der Waals surface area contributed by atoms with Gasteiger partial charge in [-0.25, -0.2) is 0 Å². The molecule has 0 bridgehead atoms. The van der Waals surface area contributed by atoms with Crippen molar-refractivity contribution in [1.82, 2.24) is 4.90 Å². The van der Waals surface area contributed by atoms with Crippen molar-refractivity contribution in [3.8, 4) is 0 Å². The SMILES string of the molecule is NC1(C(=O)N2CC3CCCC3C2)CCOC1. The second-order valence-electron chi connectivity index (χ2n) is 5.62. The van der Waals surface area contributed by atoms with Gasteiger partial charge in [0, 0.05) is 19.7 Å². The molecule has 1 amide bonds. The molecule has 0 aromatic carbocycles. The van der Waals surface area contributed by atoms with Gasteiger partial charge in [-0.3, -0.25) is 4.79 Å². The number of carbonyl (C=O) groups excluding carboxylic acids is 1. The number of carbonyl (C=O) groups is 1. The van der Waals surface area contributed by atoms with E-state index in [9.17, 15) is 4.79 Å². The van der Waals surface area contributed by atoms with Crippen LogP contribution in [0.15, 0.2) is 0 Å². The van der Waals surface area contributed by atoms with Gasteiger partial charge in [-0.05, 0) is 31.1 Å². The van der Waals surface area contributed by atoms with Gasteiger partial charge in [-0.2, -0.15) is 0 Å². The summed E-state index contributed by atoms with van der Waals surface area (Å²) in [6.07, 6.45) is 4.61. The topological polar surface area (TPSA) is 55.6 Å². The first-order chi connectivity index (χ1) is 7.69. The molecule has 0 spiro atoms. The van der Waals surface area contributed by atoms with Gasteiger partial charge in [-0.15, -0.1) is 0 Å². The Bertz CT molecular complexity index is 287. The van der Waals surface area contributed by atoms with E-state index >= 15 is 0 Å². The molecule has 3 atom stereocenters. The van der Waals surface area contributed by atoms with Crippen molar-refractivity contribution in [3.63, 3.8) is 0 Å². The lowest BCUT2D eigenvalue weighted by Gasteiger charge is -2.27. The number of hydrogen-bond acceptors (Lipinski definition) is 3. The van der Waals surface area contributed by atoms with Crippen LogP contribution in [-0.4, -0.2) is 42.6 Å². The van der Waals surface area contributed by atoms with Crippen LogP contribution in [0.1, 0.15) is 25.7 Å². The number of likely N-dealkylation sites (tertiary alicyclic amines) is 1. The lowest BCUT2D eigenvalue weighted by molar-refractivity contribution is -0.136. The number of nitrogens with zero attached hydrogens (tertiary/aromatic N) is 1. The Morgan fingerprint density at radius 3 is 2.56 bits per heavy atom. The molecule has 4 heteroatoms. The molecule has 90 valence electrons. The normalized spacial score (nSPS) is 42.7. The summed E-state index contributed by atoms with van der Waals surface area (Å²) in [6.45, 7) is 2.89. The van der Waals surface area contributed by atoms with Crippen molar-refractivity contribution in [3.05, 3.63) is 0 Å². The number of amides is 1. The van der Waals surface area contributed by atoms with Crippen LogP contribution >= 0.6 is 0 Å². The summed E-state index contributed by atoms with van der Waals surface area (Å²) < 4.78 is 5.26. The highest BCUT2D eigenvalue weighted by Crippen LogP contribution is 2.38. The molecule has 3 rings (SSSR count). The Morgan fingerprint density at radius 1 is 1.31 bits per heavy atom. The van der Waals surface area contributed by atoms with Crippen LogP contribution in [0.25, 0.3) is 0 Å². The third-order valence-corrected chi connectivity index (χ3v) is 4.49. The monoisotopic (exact) mass is 224 g/mol. The first-order valence-electron chi connectivity index (χ1n) is 6.35. The molecule has 0 aromatic rings. The Labute approximate surface area is 96.1 Å². The predicted molar refractivity (Wildman–Crippen MR) is 59.8 cm³/mol. The molecule has 2 heterocycles. The summed E-state index contributed by atoms with van der Waals surface area (Å²) in [5, 5.41) is 0. The van der Waals surface area contributed by atoms with E-state index in [2.05, 4.69) is 0 Å². The summed E-state index contributed by atoms with van der Waals surface area (Å²) in [5.41, 5.74) is 5.39. The molecule has 1 aliphatic carbocycles. The van der Waals surface area contributed by atoms with Crippen molar-refractivity contribution in [2.75, 3.05) is 26.3 Å². The molecule has 3 unspecified atom stereocenters. The Balaban J connectivity index is 1.68. The molecular weight excluding hydrogens is 204 g/mol. The fourth-order valence-electron chi connectivity index (χ4n) is 3.47. The van der Waals surface area contributed by atoms with E-state index < -0.39 is 5.54 Å². The number of hydrogen-bond donors (Lipinski definition) is 1. The van der Waals surface area contributed by atoms with Crippen molar-refractivity contribution in [2.24, 2.45) is 17.6 Å². The van der Waals surface area contributed by atoms with Gasteiger partial charge in [0.1, 0.15) is 5.54 Å². The zero-order valence-electron chi connectivity index (χ0n) is 9.65. The average Bonchev–Trinajstić information content (AvgIpc) is 2.90. The van der Waals surface area contributed by atoms with Crippen LogP contribution in [0.3, 0.4) is 0 Å². The predicted octanol–water partition coefficient (Wildman–Crippen LogP) is 0.363. The molecule has 16 heavy (non-hydrogen) atoms. The Kier molecular flexibility index (Phi) is 2.44. The Morgan fingerprint density at radius 2 is 2.00 bits per heavy atom. The molecule has 3 fully saturated rings. The lowest BCUT2D eigenvalue weighted by Crippen LogP contribution is -2.55. The highest BCUT2D eigenvalue weighted by molar-refractivity contribution is 5.87. The van der Waals surface area contributed by atoms with Gasteiger partial charge in [0.25, 0.3) is 0 Å². The minimum absolute atomic E-state index is 0.124. The number of fused-ring (bicyclic) bond motifs is 1. The first-order valence-corrected chi connectivity index (χ1v) is 6.35. The van der Waals surface area contributed by atoms with Gasteiger partial charge in [0.05, 0.1) is 6.61 Å². The van der Waals surface area contributed by atoms with Crippen molar-refractivity contribution in [2.45, 2.75) is 31.2 Å². The fraction of sp³-hybridized carbons (Fsp3) is 0.917. The van der Waals surface area contributed by atoms with E-state index in [1.54, 1.807) is 0 Å². The van der Waals surface area contributed by atoms with Gasteiger partial charge in [0.2, 0.25) is 5.91 Å². The summed E-state index contributed by atoms with van der Waals surface area (Å²) in [6, 6.07) is 0. The third kappa shape index (κ3) is 1.55. The van der Waals surface area contributed by atoms with E-state index in [1.807, 2.05) is 4.90 Å². The third-order valence-electron chi connectivity index (χ3n) is 4.49. The molecule has 2 aliphatic heterocycles. The van der Waals surface area contributed by atoms with Gasteiger partial charge in [-0.1, -0.05) is 6.42 Å². The molecular formula is C12H20N2O2. The van der Waals surface area contributed by atoms with Crippen LogP contribution in [-0.2, 0) is 9.53 Å². The zero-order chi connectivity index (χ0) is 11.2. The standard InChI is InChI=1S/C12H20N2O2/c13-12(4-5-16-8-12)11(15)14-6-9-2-1-3-10(9)7-14/h9-10H,1-8,13H2. The van der Waals surface area contributed by atoms with E-state index in [-0.39, 0.29) is 5.91 Å². The highest BCUT2D eigenvalue weighted by Gasteiger charge is 2.45. The molecule has 3 aliphatic rings. The van der Waals surface area contributed by atoms with Crippen molar-refractivity contribution in [1.29, 1.82) is 0 Å². The quantitative estimate of drug-likeness (QED) is 0.700. The summed E-state index contributed by atoms with van der Waals surface area (Å²) in [4.78, 5) is 14.3. The fourth-order valence-corrected chi connectivity index (χ4v) is 3.47. The number of ether oxygens (including phenoxy) is 1. The zero-order valence-corrected chi connectivity index (χ0v) is 9.65. The van der Waals surface area contributed by atoms with E-state index in [4.69, 9.17) is 10.5 Å². The van der Waals surface area contributed by atoms with E-state index in [1.165, 1.54) is 19.3 Å². The van der Waals surface area contributed by atoms with Crippen LogP contribution in [0.5, 0.6) is 0 Å². The second-order valence-corrected chi connectivity index (χ2v) is 5.62. The Hall–Kier alpha value is -0.610. The molecule has 4 nitrogen and oxygen atoms in total. The van der Waals surface area contributed by atoms with Crippen LogP contribution in [0.2, 0.25) is 0 Å². The largest absolute Gasteiger partial charge is 0.379 e. The van der Waals surface area contributed by atoms with Crippen molar-refractivity contribution < 1.29 is 9.53 Å². The summed E-state index contributed by atoms with van der Waals surface area (Å²) >= 11 is 0. The molecule has 1 saturated carbocycles. The van der Waals surface area contributed by atoms with E-state index in [0.29, 0.717) is 19.6 Å². The maximum absolute atomic E-state index is 12.3. The summed E-state index contributed by atoms with van der Waals surface area (Å²) in [5.74, 6) is 1.61. The molecule has 2 N–H and O–H groups in total. The minimum atomic E-state index is -0.724.